The third-order valence-corrected chi connectivity index (χ3v) is 4.50. The van der Waals surface area contributed by atoms with Crippen LogP contribution in [0.1, 0.15) is 15.2 Å². The monoisotopic (exact) mass is 286 g/mol. The second kappa shape index (κ2) is 6.20. The minimum absolute atomic E-state index is 0.154. The fourth-order valence-electron chi connectivity index (χ4n) is 2.50. The summed E-state index contributed by atoms with van der Waals surface area (Å²) >= 11 is 1.80. The van der Waals surface area contributed by atoms with Gasteiger partial charge in [-0.3, -0.25) is 9.69 Å². The Morgan fingerprint density at radius 2 is 1.75 bits per heavy atom. The largest absolute Gasteiger partial charge is 0.336 e. The van der Waals surface area contributed by atoms with E-state index in [1.54, 1.807) is 11.3 Å². The third kappa shape index (κ3) is 3.08. The summed E-state index contributed by atoms with van der Waals surface area (Å²) in [6, 6.07) is 13.8. The molecule has 0 spiro atoms. The van der Waals surface area contributed by atoms with E-state index in [4.69, 9.17) is 0 Å². The van der Waals surface area contributed by atoms with Crippen LogP contribution in [0.3, 0.4) is 0 Å². The van der Waals surface area contributed by atoms with E-state index in [2.05, 4.69) is 22.4 Å². The van der Waals surface area contributed by atoms with Crippen molar-refractivity contribution in [2.75, 3.05) is 26.2 Å². The fraction of sp³-hybridized carbons (Fsp3) is 0.312. The molecule has 0 aliphatic carbocycles. The van der Waals surface area contributed by atoms with Crippen LogP contribution in [-0.2, 0) is 6.54 Å². The first-order valence-electron chi connectivity index (χ1n) is 6.92. The summed E-state index contributed by atoms with van der Waals surface area (Å²) in [6.07, 6.45) is 0. The van der Waals surface area contributed by atoms with Crippen molar-refractivity contribution < 1.29 is 4.79 Å². The molecule has 0 N–H and O–H groups in total. The van der Waals surface area contributed by atoms with Crippen LogP contribution in [0.2, 0.25) is 0 Å². The molecule has 2 heterocycles. The van der Waals surface area contributed by atoms with Gasteiger partial charge in [-0.25, -0.2) is 0 Å². The zero-order valence-electron chi connectivity index (χ0n) is 11.4. The minimum Gasteiger partial charge on any atom is -0.336 e. The first kappa shape index (κ1) is 13.3. The fourth-order valence-corrected chi connectivity index (χ4v) is 3.24. The zero-order valence-corrected chi connectivity index (χ0v) is 12.2. The van der Waals surface area contributed by atoms with Gasteiger partial charge in [-0.15, -0.1) is 11.3 Å². The molecule has 3 rings (SSSR count). The molecule has 4 heteroatoms. The molecule has 20 heavy (non-hydrogen) atoms. The topological polar surface area (TPSA) is 23.6 Å². The van der Waals surface area contributed by atoms with Crippen molar-refractivity contribution in [2.45, 2.75) is 6.54 Å². The normalized spacial score (nSPS) is 16.3. The van der Waals surface area contributed by atoms with Gasteiger partial charge in [-0.2, -0.15) is 0 Å². The number of hydrogen-bond donors (Lipinski definition) is 0. The average molecular weight is 286 g/mol. The second-order valence-corrected chi connectivity index (χ2v) is 6.05. The predicted octanol–water partition coefficient (Wildman–Crippen LogP) is 2.71. The van der Waals surface area contributed by atoms with Crippen molar-refractivity contribution >= 4 is 17.2 Å². The number of piperazine rings is 1. The lowest BCUT2D eigenvalue weighted by Gasteiger charge is -2.34. The Morgan fingerprint density at radius 3 is 2.40 bits per heavy atom. The molecule has 0 atom stereocenters. The van der Waals surface area contributed by atoms with E-state index in [9.17, 15) is 4.79 Å². The molecule has 1 fully saturated rings. The molecule has 1 aliphatic rings. The van der Waals surface area contributed by atoms with E-state index in [1.165, 1.54) is 4.88 Å². The lowest BCUT2D eigenvalue weighted by atomic mass is 10.2. The van der Waals surface area contributed by atoms with Crippen LogP contribution < -0.4 is 0 Å². The van der Waals surface area contributed by atoms with Gasteiger partial charge in [-0.05, 0) is 23.6 Å². The molecule has 1 saturated heterocycles. The number of amides is 1. The number of hydrogen-bond acceptors (Lipinski definition) is 3. The quantitative estimate of drug-likeness (QED) is 0.866. The highest BCUT2D eigenvalue weighted by Gasteiger charge is 2.21. The average Bonchev–Trinajstić information content (AvgIpc) is 3.01. The van der Waals surface area contributed by atoms with Gasteiger partial charge in [0.15, 0.2) is 0 Å². The highest BCUT2D eigenvalue weighted by atomic mass is 32.1. The van der Waals surface area contributed by atoms with Gasteiger partial charge in [0, 0.05) is 43.2 Å². The zero-order chi connectivity index (χ0) is 13.8. The third-order valence-electron chi connectivity index (χ3n) is 3.64. The predicted molar refractivity (Wildman–Crippen MR) is 81.9 cm³/mol. The number of nitrogens with zero attached hydrogens (tertiary/aromatic N) is 2. The van der Waals surface area contributed by atoms with Crippen molar-refractivity contribution in [1.29, 1.82) is 0 Å². The van der Waals surface area contributed by atoms with Gasteiger partial charge in [0.25, 0.3) is 5.91 Å². The molecule has 1 aromatic heterocycles. The number of carbonyl (C=O) groups excluding carboxylic acids is 1. The summed E-state index contributed by atoms with van der Waals surface area (Å²) in [6.45, 7) is 4.55. The number of benzene rings is 1. The Balaban J connectivity index is 1.55. The second-order valence-electron chi connectivity index (χ2n) is 5.01. The molecule has 2 aromatic rings. The maximum absolute atomic E-state index is 12.3. The number of thiophene rings is 1. The van der Waals surface area contributed by atoms with E-state index < -0.39 is 0 Å². The summed E-state index contributed by atoms with van der Waals surface area (Å²) in [5.41, 5.74) is 0.791. The van der Waals surface area contributed by atoms with Gasteiger partial charge in [0.2, 0.25) is 0 Å². The van der Waals surface area contributed by atoms with Crippen LogP contribution in [0.5, 0.6) is 0 Å². The summed E-state index contributed by atoms with van der Waals surface area (Å²) < 4.78 is 0. The van der Waals surface area contributed by atoms with Gasteiger partial charge < -0.3 is 4.90 Å². The molecule has 0 unspecified atom stereocenters. The van der Waals surface area contributed by atoms with Gasteiger partial charge in [0.05, 0.1) is 0 Å². The smallest absolute Gasteiger partial charge is 0.253 e. The van der Waals surface area contributed by atoms with Gasteiger partial charge in [-0.1, -0.05) is 24.3 Å². The Labute approximate surface area is 123 Å². The summed E-state index contributed by atoms with van der Waals surface area (Å²) in [4.78, 5) is 18.1. The summed E-state index contributed by atoms with van der Waals surface area (Å²) in [5, 5.41) is 2.12. The van der Waals surface area contributed by atoms with E-state index in [1.807, 2.05) is 35.2 Å². The summed E-state index contributed by atoms with van der Waals surface area (Å²) in [5.74, 6) is 0.154. The first-order chi connectivity index (χ1) is 9.83. The Bertz CT molecular complexity index is 545. The van der Waals surface area contributed by atoms with E-state index >= 15 is 0 Å². The van der Waals surface area contributed by atoms with Gasteiger partial charge in [0.1, 0.15) is 0 Å². The molecule has 0 bridgehead atoms. The molecule has 1 aromatic carbocycles. The molecule has 104 valence electrons. The van der Waals surface area contributed by atoms with Crippen molar-refractivity contribution in [3.63, 3.8) is 0 Å². The van der Waals surface area contributed by atoms with Crippen molar-refractivity contribution in [1.82, 2.24) is 9.80 Å². The molecule has 1 aliphatic heterocycles. The van der Waals surface area contributed by atoms with E-state index in [0.717, 1.165) is 38.3 Å². The maximum Gasteiger partial charge on any atom is 0.253 e. The van der Waals surface area contributed by atoms with Crippen molar-refractivity contribution in [2.24, 2.45) is 0 Å². The standard InChI is InChI=1S/C16H18N2OS/c19-16(14-5-2-1-3-6-14)18-10-8-17(9-11-18)13-15-7-4-12-20-15/h1-7,12H,8-11,13H2. The van der Waals surface area contributed by atoms with Crippen LogP contribution in [-0.4, -0.2) is 41.9 Å². The SMILES string of the molecule is O=C(c1ccccc1)N1CCN(Cc2cccs2)CC1. The van der Waals surface area contributed by atoms with Crippen LogP contribution in [0.25, 0.3) is 0 Å². The van der Waals surface area contributed by atoms with Crippen molar-refractivity contribution in [3.8, 4) is 0 Å². The van der Waals surface area contributed by atoms with E-state index in [-0.39, 0.29) is 5.91 Å². The molecule has 3 nitrogen and oxygen atoms in total. The van der Waals surface area contributed by atoms with Crippen LogP contribution in [0.4, 0.5) is 0 Å². The van der Waals surface area contributed by atoms with Crippen molar-refractivity contribution in [3.05, 3.63) is 58.3 Å². The molecule has 1 amide bonds. The molecule has 0 radical (unpaired) electrons. The molecule has 0 saturated carbocycles. The van der Waals surface area contributed by atoms with Crippen LogP contribution in [0, 0.1) is 0 Å². The number of carbonyl (C=O) groups is 1. The van der Waals surface area contributed by atoms with Crippen LogP contribution in [0.15, 0.2) is 47.8 Å². The van der Waals surface area contributed by atoms with Crippen LogP contribution >= 0.6 is 11.3 Å². The Kier molecular flexibility index (Phi) is 4.14. The number of rotatable bonds is 3. The van der Waals surface area contributed by atoms with E-state index in [0.29, 0.717) is 0 Å². The highest BCUT2D eigenvalue weighted by molar-refractivity contribution is 7.09. The lowest BCUT2D eigenvalue weighted by Crippen LogP contribution is -2.48. The maximum atomic E-state index is 12.3. The Morgan fingerprint density at radius 1 is 1.00 bits per heavy atom. The summed E-state index contributed by atoms with van der Waals surface area (Å²) in [7, 11) is 0. The molecular weight excluding hydrogens is 268 g/mol. The molecular formula is C16H18N2OS. The lowest BCUT2D eigenvalue weighted by molar-refractivity contribution is 0.0629. The minimum atomic E-state index is 0.154. The highest BCUT2D eigenvalue weighted by Crippen LogP contribution is 2.14. The van der Waals surface area contributed by atoms with Gasteiger partial charge >= 0.3 is 0 Å². The Hall–Kier alpha value is -1.65. The first-order valence-corrected chi connectivity index (χ1v) is 7.80.